The van der Waals surface area contributed by atoms with E-state index in [2.05, 4.69) is 59.3 Å². The highest BCUT2D eigenvalue weighted by Gasteiger charge is 2.48. The summed E-state index contributed by atoms with van der Waals surface area (Å²) in [4.78, 5) is 19.2. The maximum absolute atomic E-state index is 13.2. The predicted molar refractivity (Wildman–Crippen MR) is 146 cm³/mol. The Kier molecular flexibility index (Phi) is 7.14. The third-order valence-electron chi connectivity index (χ3n) is 7.93. The van der Waals surface area contributed by atoms with E-state index in [0.29, 0.717) is 12.3 Å². The lowest BCUT2D eigenvalue weighted by Crippen LogP contribution is -2.56. The number of H-pyrrole nitrogens is 1. The van der Waals surface area contributed by atoms with Crippen LogP contribution in [0.15, 0.2) is 70.9 Å². The van der Waals surface area contributed by atoms with Gasteiger partial charge in [0.25, 0.3) is 0 Å². The van der Waals surface area contributed by atoms with E-state index in [1.54, 1.807) is 6.21 Å². The van der Waals surface area contributed by atoms with Crippen molar-refractivity contribution in [1.29, 1.82) is 0 Å². The van der Waals surface area contributed by atoms with Crippen LogP contribution in [0.25, 0.3) is 17.0 Å². The molecular formula is C30H34N4O2. The Bertz CT molecular complexity index is 1310. The molecule has 3 aromatic rings. The lowest BCUT2D eigenvalue weighted by Gasteiger charge is -2.48. The van der Waals surface area contributed by atoms with Crippen molar-refractivity contribution in [3.8, 4) is 0 Å². The summed E-state index contributed by atoms with van der Waals surface area (Å²) in [6.07, 6.45) is 8.10. The Morgan fingerprint density at radius 2 is 1.92 bits per heavy atom. The van der Waals surface area contributed by atoms with Gasteiger partial charge in [-0.05, 0) is 55.0 Å². The standard InChI is InChI=1S/C30H34N4O2/c1-4-21-19-34(2)27-18-24-22-14-8-9-15-25(22)32-29(24)26(17-23(21)28(27)30(35)36-3)33-31-16-10-13-20-11-6-5-7-12-20/h5-16,21,23,27-28,32H,4,17-19H2,1-3H3/b13-10+,31-16-,33-26+/t21-,23-,27+,28-/m1/s1. The van der Waals surface area contributed by atoms with Gasteiger partial charge in [-0.15, -0.1) is 0 Å². The number of carbonyl (C=O) groups is 1. The molecule has 0 unspecified atom stereocenters. The molecule has 1 aliphatic carbocycles. The minimum Gasteiger partial charge on any atom is -0.469 e. The molecule has 2 bridgehead atoms. The van der Waals surface area contributed by atoms with Gasteiger partial charge in [0.15, 0.2) is 0 Å². The number of ether oxygens (including phenoxy) is 1. The van der Waals surface area contributed by atoms with Gasteiger partial charge in [-0.25, -0.2) is 0 Å². The zero-order chi connectivity index (χ0) is 25.1. The lowest BCUT2D eigenvalue weighted by atomic mass is 9.67. The highest BCUT2D eigenvalue weighted by molar-refractivity contribution is 6.06. The summed E-state index contributed by atoms with van der Waals surface area (Å²) in [7, 11) is 3.65. The minimum absolute atomic E-state index is 0.0852. The molecule has 1 saturated heterocycles. The second-order valence-corrected chi connectivity index (χ2v) is 9.90. The van der Waals surface area contributed by atoms with Gasteiger partial charge in [-0.2, -0.15) is 10.2 Å². The number of nitrogens with zero attached hydrogens (tertiary/aromatic N) is 3. The number of likely N-dealkylation sites (N-methyl/N-ethyl adjacent to an activating group) is 1. The molecule has 1 aliphatic heterocycles. The van der Waals surface area contributed by atoms with Crippen molar-refractivity contribution in [2.75, 3.05) is 20.7 Å². The van der Waals surface area contributed by atoms with Crippen molar-refractivity contribution in [2.24, 2.45) is 28.0 Å². The van der Waals surface area contributed by atoms with E-state index in [-0.39, 0.29) is 23.8 Å². The van der Waals surface area contributed by atoms with Gasteiger partial charge >= 0.3 is 5.97 Å². The highest BCUT2D eigenvalue weighted by atomic mass is 16.5. The van der Waals surface area contributed by atoms with Crippen LogP contribution in [-0.2, 0) is 16.0 Å². The van der Waals surface area contributed by atoms with Crippen LogP contribution >= 0.6 is 0 Å². The number of aromatic amines is 1. The van der Waals surface area contributed by atoms with Gasteiger partial charge in [0, 0.05) is 29.7 Å². The molecule has 36 heavy (non-hydrogen) atoms. The van der Waals surface area contributed by atoms with Gasteiger partial charge in [0.2, 0.25) is 0 Å². The van der Waals surface area contributed by atoms with E-state index in [9.17, 15) is 4.79 Å². The number of rotatable bonds is 5. The molecule has 1 fully saturated rings. The number of esters is 1. The van der Waals surface area contributed by atoms with Crippen LogP contribution in [0.4, 0.5) is 0 Å². The average Bonchev–Trinajstić information content (AvgIpc) is 3.26. The molecule has 0 radical (unpaired) electrons. The number of hydrogen-bond acceptors (Lipinski definition) is 5. The van der Waals surface area contributed by atoms with Crippen molar-refractivity contribution in [2.45, 2.75) is 32.2 Å². The molecule has 0 spiro atoms. The summed E-state index contributed by atoms with van der Waals surface area (Å²) in [5, 5.41) is 10.4. The van der Waals surface area contributed by atoms with Crippen LogP contribution in [-0.4, -0.2) is 54.5 Å². The summed E-state index contributed by atoms with van der Waals surface area (Å²) >= 11 is 0. The van der Waals surface area contributed by atoms with E-state index in [1.807, 2.05) is 36.4 Å². The number of para-hydroxylation sites is 1. The number of methoxy groups -OCH3 is 1. The number of fused-ring (bicyclic) bond motifs is 5. The molecule has 4 atom stereocenters. The summed E-state index contributed by atoms with van der Waals surface area (Å²) in [5.41, 5.74) is 5.36. The number of aromatic nitrogens is 1. The molecule has 1 N–H and O–H groups in total. The fraction of sp³-hybridized carbons (Fsp3) is 0.367. The van der Waals surface area contributed by atoms with E-state index in [1.165, 1.54) is 18.1 Å². The van der Waals surface area contributed by atoms with E-state index in [0.717, 1.165) is 41.9 Å². The number of likely N-dealkylation sites (tertiary alicyclic amines) is 1. The molecule has 6 nitrogen and oxygen atoms in total. The Labute approximate surface area is 212 Å². The van der Waals surface area contributed by atoms with Crippen molar-refractivity contribution in [3.63, 3.8) is 0 Å². The molecule has 0 amide bonds. The number of hydrogen-bond donors (Lipinski definition) is 1. The number of piperidine rings is 1. The van der Waals surface area contributed by atoms with Crippen molar-refractivity contribution in [3.05, 3.63) is 77.5 Å². The summed E-state index contributed by atoms with van der Waals surface area (Å²) in [6.45, 7) is 3.18. The maximum Gasteiger partial charge on any atom is 0.310 e. The fourth-order valence-corrected chi connectivity index (χ4v) is 6.11. The molecule has 6 heteroatoms. The Morgan fingerprint density at radius 3 is 2.69 bits per heavy atom. The van der Waals surface area contributed by atoms with Crippen LogP contribution in [0.2, 0.25) is 0 Å². The molecule has 2 aliphatic rings. The second kappa shape index (κ2) is 10.6. The number of carbonyl (C=O) groups excluding carboxylic acids is 1. The van der Waals surface area contributed by atoms with Crippen molar-refractivity contribution in [1.82, 2.24) is 9.88 Å². The van der Waals surface area contributed by atoms with Crippen LogP contribution in [0, 0.1) is 17.8 Å². The third-order valence-corrected chi connectivity index (χ3v) is 7.93. The molecule has 1 aromatic heterocycles. The summed E-state index contributed by atoms with van der Waals surface area (Å²) < 4.78 is 5.36. The molecule has 0 saturated carbocycles. The zero-order valence-corrected chi connectivity index (χ0v) is 21.2. The first-order valence-electron chi connectivity index (χ1n) is 12.8. The van der Waals surface area contributed by atoms with Gasteiger partial charge in [0.05, 0.1) is 24.4 Å². The SMILES string of the molecule is CC[C@@H]1CN(C)[C@H]2Cc3c([nH]c4ccccc34)/C(=N/N=C\C=C\c3ccccc3)C[C@H]1[C@H]2C(=O)OC. The lowest BCUT2D eigenvalue weighted by molar-refractivity contribution is -0.154. The first-order valence-corrected chi connectivity index (χ1v) is 12.8. The van der Waals surface area contributed by atoms with E-state index < -0.39 is 0 Å². The minimum atomic E-state index is -0.201. The number of nitrogens with one attached hydrogen (secondary N) is 1. The highest BCUT2D eigenvalue weighted by Crippen LogP contribution is 2.42. The number of allylic oxidation sites excluding steroid dienone is 1. The topological polar surface area (TPSA) is 70.0 Å². The van der Waals surface area contributed by atoms with Crippen LogP contribution in [0.3, 0.4) is 0 Å². The van der Waals surface area contributed by atoms with Crippen LogP contribution in [0.5, 0.6) is 0 Å². The zero-order valence-electron chi connectivity index (χ0n) is 21.2. The third kappa shape index (κ3) is 4.65. The molecule has 2 heterocycles. The van der Waals surface area contributed by atoms with Gasteiger partial charge in [-0.3, -0.25) is 4.79 Å². The second-order valence-electron chi connectivity index (χ2n) is 9.90. The van der Waals surface area contributed by atoms with Crippen LogP contribution in [0.1, 0.15) is 36.6 Å². The molecule has 2 aromatic carbocycles. The largest absolute Gasteiger partial charge is 0.469 e. The quantitative estimate of drug-likeness (QED) is 0.303. The maximum atomic E-state index is 13.2. The number of benzene rings is 2. The predicted octanol–water partition coefficient (Wildman–Crippen LogP) is 5.35. The fourth-order valence-electron chi connectivity index (χ4n) is 6.11. The Balaban J connectivity index is 1.58. The smallest absolute Gasteiger partial charge is 0.310 e. The summed E-state index contributed by atoms with van der Waals surface area (Å²) in [6, 6.07) is 18.6. The van der Waals surface area contributed by atoms with E-state index >= 15 is 0 Å². The normalized spacial score (nSPS) is 25.8. The first-order chi connectivity index (χ1) is 17.6. The molecule has 186 valence electrons. The average molecular weight is 483 g/mol. The van der Waals surface area contributed by atoms with Crippen LogP contribution < -0.4 is 0 Å². The first kappa shape index (κ1) is 24.2. The van der Waals surface area contributed by atoms with E-state index in [4.69, 9.17) is 9.84 Å². The molecular weight excluding hydrogens is 448 g/mol. The Morgan fingerprint density at radius 1 is 1.14 bits per heavy atom. The van der Waals surface area contributed by atoms with Gasteiger partial charge in [-0.1, -0.05) is 68.0 Å². The van der Waals surface area contributed by atoms with Crippen molar-refractivity contribution < 1.29 is 9.53 Å². The monoisotopic (exact) mass is 482 g/mol. The molecule has 5 rings (SSSR count). The van der Waals surface area contributed by atoms with Gasteiger partial charge in [0.1, 0.15) is 0 Å². The Hall–Kier alpha value is -3.51. The van der Waals surface area contributed by atoms with Crippen molar-refractivity contribution >= 4 is 34.9 Å². The summed E-state index contributed by atoms with van der Waals surface area (Å²) in [5.74, 6) is 0.213. The van der Waals surface area contributed by atoms with Gasteiger partial charge < -0.3 is 14.6 Å².